The van der Waals surface area contributed by atoms with Crippen molar-refractivity contribution in [3.8, 4) is 0 Å². The highest BCUT2D eigenvalue weighted by Crippen LogP contribution is 2.43. The Bertz CT molecular complexity index is 799. The molecule has 3 unspecified atom stereocenters. The fourth-order valence-corrected chi connectivity index (χ4v) is 7.13. The van der Waals surface area contributed by atoms with Crippen LogP contribution in [0.5, 0.6) is 0 Å². The van der Waals surface area contributed by atoms with E-state index in [2.05, 4.69) is 31.3 Å². The Kier molecular flexibility index (Phi) is 37.4. The average molecular weight is 731 g/mol. The molecule has 50 heavy (non-hydrogen) atoms. The molecule has 0 aliphatic carbocycles. The van der Waals surface area contributed by atoms with Gasteiger partial charge in [0.1, 0.15) is 0 Å². The van der Waals surface area contributed by atoms with Crippen LogP contribution in [0.2, 0.25) is 0 Å². The fourth-order valence-electron chi connectivity index (χ4n) is 6.37. The van der Waals surface area contributed by atoms with Crippen LogP contribution >= 0.6 is 7.82 Å². The molecule has 1 amide bonds. The molecule has 0 radical (unpaired) electrons. The van der Waals surface area contributed by atoms with Gasteiger partial charge < -0.3 is 21.1 Å². The van der Waals surface area contributed by atoms with Crippen molar-refractivity contribution in [2.24, 2.45) is 5.73 Å². The number of hydrogen-bond donors (Lipinski definition) is 4. The Morgan fingerprint density at radius 1 is 0.640 bits per heavy atom. The quantitative estimate of drug-likeness (QED) is 0.0280. The van der Waals surface area contributed by atoms with Gasteiger partial charge in [-0.2, -0.15) is 0 Å². The lowest BCUT2D eigenvalue weighted by Gasteiger charge is -2.25. The van der Waals surface area contributed by atoms with Gasteiger partial charge in [0.05, 0.1) is 25.4 Å². The van der Waals surface area contributed by atoms with Crippen molar-refractivity contribution in [1.29, 1.82) is 0 Å². The van der Waals surface area contributed by atoms with Gasteiger partial charge in [-0.05, 0) is 32.1 Å². The van der Waals surface area contributed by atoms with Crippen molar-refractivity contribution in [2.45, 2.75) is 225 Å². The second-order valence-corrected chi connectivity index (χ2v) is 16.0. The summed E-state index contributed by atoms with van der Waals surface area (Å²) in [6.07, 6.45) is 40.9. The average Bonchev–Trinajstić information content (AvgIpc) is 3.10. The van der Waals surface area contributed by atoms with Crippen molar-refractivity contribution in [2.75, 3.05) is 19.8 Å². The maximum atomic E-state index is 12.7. The van der Waals surface area contributed by atoms with Gasteiger partial charge >= 0.3 is 7.82 Å². The summed E-state index contributed by atoms with van der Waals surface area (Å²) in [6.45, 7) is 4.15. The third kappa shape index (κ3) is 35.6. The van der Waals surface area contributed by atoms with Crippen LogP contribution < -0.4 is 11.1 Å². The minimum atomic E-state index is -4.31. The van der Waals surface area contributed by atoms with Gasteiger partial charge in [-0.25, -0.2) is 4.57 Å². The van der Waals surface area contributed by atoms with Gasteiger partial charge in [0.2, 0.25) is 5.91 Å². The molecule has 0 aliphatic rings. The molecule has 8 nitrogen and oxygen atoms in total. The number of allylic oxidation sites excluding steroid dienone is 2. The molecule has 0 saturated heterocycles. The number of phosphoric acid groups is 1. The normalized spacial score (nSPS) is 14.3. The Morgan fingerprint density at radius 3 is 1.56 bits per heavy atom. The lowest BCUT2D eigenvalue weighted by molar-refractivity contribution is -0.123. The highest BCUT2D eigenvalue weighted by Gasteiger charge is 2.27. The first kappa shape index (κ1) is 49.2. The second kappa shape index (κ2) is 38.0. The number of aliphatic hydroxyl groups is 1. The third-order valence-electron chi connectivity index (χ3n) is 9.60. The molecule has 0 aromatic carbocycles. The zero-order chi connectivity index (χ0) is 36.8. The van der Waals surface area contributed by atoms with Gasteiger partial charge in [0, 0.05) is 13.0 Å². The minimum absolute atomic E-state index is 0.0890. The van der Waals surface area contributed by atoms with Gasteiger partial charge in [-0.1, -0.05) is 187 Å². The molecule has 0 aromatic rings. The molecule has 5 N–H and O–H groups in total. The second-order valence-electron chi connectivity index (χ2n) is 14.6. The van der Waals surface area contributed by atoms with E-state index in [0.717, 1.165) is 57.8 Å². The summed E-state index contributed by atoms with van der Waals surface area (Å²) in [4.78, 5) is 22.6. The van der Waals surface area contributed by atoms with Crippen LogP contribution in [0.4, 0.5) is 0 Å². The zero-order valence-electron chi connectivity index (χ0n) is 32.9. The molecule has 9 heteroatoms. The number of carbonyl (C=O) groups is 1. The summed E-state index contributed by atoms with van der Waals surface area (Å²) in [5.74, 6) is -0.172. The van der Waals surface area contributed by atoms with Crippen molar-refractivity contribution in [3.63, 3.8) is 0 Å². The number of aliphatic hydroxyl groups excluding tert-OH is 1. The Balaban J connectivity index is 4.05. The van der Waals surface area contributed by atoms with E-state index in [9.17, 15) is 19.4 Å². The Labute approximate surface area is 309 Å². The number of rotatable bonds is 40. The van der Waals surface area contributed by atoms with E-state index in [1.807, 2.05) is 0 Å². The predicted molar refractivity (Wildman–Crippen MR) is 212 cm³/mol. The summed E-state index contributed by atoms with van der Waals surface area (Å²) in [7, 11) is -4.31. The van der Waals surface area contributed by atoms with E-state index in [-0.39, 0.29) is 25.7 Å². The van der Waals surface area contributed by atoms with Gasteiger partial charge in [-0.15, -0.1) is 0 Å². The van der Waals surface area contributed by atoms with Crippen LogP contribution in [0.3, 0.4) is 0 Å². The highest BCUT2D eigenvalue weighted by atomic mass is 31.2. The fraction of sp³-hybridized carbons (Fsp3) is 0.927. The van der Waals surface area contributed by atoms with E-state index in [1.54, 1.807) is 0 Å². The molecule has 0 aliphatic heterocycles. The Morgan fingerprint density at radius 2 is 1.08 bits per heavy atom. The van der Waals surface area contributed by atoms with E-state index in [1.165, 1.54) is 128 Å². The minimum Gasteiger partial charge on any atom is -0.391 e. The standard InChI is InChI=1S/C41H83N2O6P/c1-3-5-7-9-11-13-15-16-17-18-19-20-21-22-23-24-25-26-28-30-32-34-40(44)39(38-49-50(46,47)48-37-36-42)43-41(45)35-33-31-29-27-14-12-10-8-6-4-2/h8,10,39-40,44H,3-7,9,11-38,42H2,1-2H3,(H,43,45)(H,46,47)/b10-8-. The molecule has 0 aromatic heterocycles. The number of hydrogen-bond acceptors (Lipinski definition) is 6. The van der Waals surface area contributed by atoms with Crippen molar-refractivity contribution < 1.29 is 28.4 Å². The van der Waals surface area contributed by atoms with Crippen LogP contribution in [0.25, 0.3) is 0 Å². The summed E-state index contributed by atoms with van der Waals surface area (Å²) >= 11 is 0. The number of unbranched alkanes of at least 4 members (excludes halogenated alkanes) is 26. The number of carbonyl (C=O) groups excluding carboxylic acids is 1. The highest BCUT2D eigenvalue weighted by molar-refractivity contribution is 7.47. The zero-order valence-corrected chi connectivity index (χ0v) is 33.8. The van der Waals surface area contributed by atoms with E-state index < -0.39 is 20.0 Å². The Hall–Kier alpha value is -0.760. The van der Waals surface area contributed by atoms with E-state index in [0.29, 0.717) is 12.8 Å². The van der Waals surface area contributed by atoms with E-state index >= 15 is 0 Å². The largest absolute Gasteiger partial charge is 0.472 e. The molecule has 0 rings (SSSR count). The monoisotopic (exact) mass is 731 g/mol. The molecule has 0 saturated carbocycles. The summed E-state index contributed by atoms with van der Waals surface area (Å²) in [5, 5.41) is 13.8. The molecule has 0 bridgehead atoms. The predicted octanol–water partition coefficient (Wildman–Crippen LogP) is 11.6. The molecule has 0 heterocycles. The van der Waals surface area contributed by atoms with E-state index in [4.69, 9.17) is 14.8 Å². The van der Waals surface area contributed by atoms with Crippen LogP contribution in [0.1, 0.15) is 213 Å². The number of amides is 1. The lowest BCUT2D eigenvalue weighted by atomic mass is 10.0. The van der Waals surface area contributed by atoms with Crippen LogP contribution in [-0.4, -0.2) is 47.8 Å². The molecule has 0 fully saturated rings. The summed E-state index contributed by atoms with van der Waals surface area (Å²) < 4.78 is 22.1. The van der Waals surface area contributed by atoms with Crippen LogP contribution in [-0.2, 0) is 18.4 Å². The van der Waals surface area contributed by atoms with Crippen molar-refractivity contribution >= 4 is 13.7 Å². The summed E-state index contributed by atoms with van der Waals surface area (Å²) in [6, 6.07) is -0.774. The number of phosphoric ester groups is 1. The van der Waals surface area contributed by atoms with Crippen molar-refractivity contribution in [1.82, 2.24) is 5.32 Å². The summed E-state index contributed by atoms with van der Waals surface area (Å²) in [5.41, 5.74) is 5.37. The van der Waals surface area contributed by atoms with Gasteiger partial charge in [0.15, 0.2) is 0 Å². The van der Waals surface area contributed by atoms with Gasteiger partial charge in [-0.3, -0.25) is 13.8 Å². The molecule has 3 atom stereocenters. The lowest BCUT2D eigenvalue weighted by Crippen LogP contribution is -2.46. The molecule has 298 valence electrons. The number of nitrogens with one attached hydrogen (secondary N) is 1. The first-order valence-electron chi connectivity index (χ1n) is 21.3. The first-order valence-corrected chi connectivity index (χ1v) is 22.8. The topological polar surface area (TPSA) is 131 Å². The molecule has 0 spiro atoms. The number of nitrogens with two attached hydrogens (primary N) is 1. The van der Waals surface area contributed by atoms with Crippen LogP contribution in [0, 0.1) is 0 Å². The molecular weight excluding hydrogens is 647 g/mol. The third-order valence-corrected chi connectivity index (χ3v) is 10.6. The SMILES string of the molecule is CCC/C=C\CCCCCCCC(=O)NC(COP(=O)(O)OCCN)C(O)CCCCCCCCCCCCCCCCCCCCCCC. The smallest absolute Gasteiger partial charge is 0.391 e. The maximum Gasteiger partial charge on any atom is 0.472 e. The first-order chi connectivity index (χ1) is 24.4. The van der Waals surface area contributed by atoms with Gasteiger partial charge in [0.25, 0.3) is 0 Å². The van der Waals surface area contributed by atoms with Crippen LogP contribution in [0.15, 0.2) is 12.2 Å². The maximum absolute atomic E-state index is 12.7. The van der Waals surface area contributed by atoms with Crippen molar-refractivity contribution in [3.05, 3.63) is 12.2 Å². The molecular formula is C41H83N2O6P.